The number of alkyl carbamates (subject to hydrolysis) is 1. The van der Waals surface area contributed by atoms with Crippen LogP contribution in [-0.4, -0.2) is 89.9 Å². The van der Waals surface area contributed by atoms with Crippen molar-refractivity contribution in [2.75, 3.05) is 31.0 Å². The Hall–Kier alpha value is -5.99. The van der Waals surface area contributed by atoms with Crippen LogP contribution in [-0.2, 0) is 30.1 Å². The van der Waals surface area contributed by atoms with Gasteiger partial charge in [-0.1, -0.05) is 113 Å². The van der Waals surface area contributed by atoms with Gasteiger partial charge in [-0.3, -0.25) is 19.7 Å². The number of methoxy groups -OCH3 is 1. The molecule has 4 N–H and O–H groups in total. The molecule has 5 amide bonds. The van der Waals surface area contributed by atoms with Gasteiger partial charge in [0, 0.05) is 18.0 Å². The average molecular weight is 1030 g/mol. The minimum Gasteiger partial charge on any atom is -0.540 e. The van der Waals surface area contributed by atoms with Gasteiger partial charge in [0.1, 0.15) is 36.9 Å². The highest BCUT2D eigenvalue weighted by atomic mass is 28.4. The normalized spacial score (nSPS) is 14.9. The third kappa shape index (κ3) is 14.8. The maximum Gasteiger partial charge on any atom is 0.411 e. The number of rotatable bonds is 22. The number of nitrogens with zero attached hydrogens (tertiary/aromatic N) is 1. The summed E-state index contributed by atoms with van der Waals surface area (Å²) < 4.78 is 44.5. The minimum atomic E-state index is -2.59. The molecular formula is C54H78FN5O10Si2. The van der Waals surface area contributed by atoms with Crippen molar-refractivity contribution >= 4 is 63.5 Å². The summed E-state index contributed by atoms with van der Waals surface area (Å²) >= 11 is 0. The molecule has 1 aliphatic heterocycles. The van der Waals surface area contributed by atoms with Gasteiger partial charge in [-0.2, -0.15) is 0 Å². The lowest BCUT2D eigenvalue weighted by molar-refractivity contribution is -0.128. The van der Waals surface area contributed by atoms with Crippen LogP contribution >= 0.6 is 0 Å². The smallest absolute Gasteiger partial charge is 0.411 e. The number of carbonyl (C=O) groups excluding carboxylic acids is 5. The van der Waals surface area contributed by atoms with E-state index in [1.54, 1.807) is 73.5 Å². The number of nitrogens with one attached hydrogen (secondary N) is 4. The molecule has 0 aliphatic carbocycles. The van der Waals surface area contributed by atoms with Crippen LogP contribution in [0.3, 0.4) is 0 Å². The summed E-state index contributed by atoms with van der Waals surface area (Å²) in [6.07, 6.45) is 2.01. The quantitative estimate of drug-likeness (QED) is 0.0558. The molecule has 0 saturated heterocycles. The maximum atomic E-state index is 15.1. The van der Waals surface area contributed by atoms with E-state index in [1.807, 2.05) is 0 Å². The SMILES string of the molecule is C=CCOC(=O)N[C@H](C(=O)N[C@@H](C)C(=O)Nc1ccc(COC(=O)Nc2cc(O[Si](C(C)C)(C(C)C)C(C)C)c(OC)cc2C(=O)N2C=C(c3ccc(F)cc3)C[C@H]2CO[Si](C)(C)C(C)(C)C)cc1)C(C)C. The largest absolute Gasteiger partial charge is 0.540 e. The lowest BCUT2D eigenvalue weighted by Gasteiger charge is -2.42. The van der Waals surface area contributed by atoms with Crippen LogP contribution in [0.25, 0.3) is 5.57 Å². The van der Waals surface area contributed by atoms with E-state index in [0.717, 1.165) is 11.1 Å². The fourth-order valence-corrected chi connectivity index (χ4v) is 14.9. The first-order valence-corrected chi connectivity index (χ1v) is 29.7. The molecule has 1 aliphatic rings. The fraction of sp³-hybridized carbons (Fsp3) is 0.500. The first kappa shape index (κ1) is 58.6. The van der Waals surface area contributed by atoms with Gasteiger partial charge in [-0.25, -0.2) is 14.0 Å². The van der Waals surface area contributed by atoms with E-state index in [1.165, 1.54) is 32.2 Å². The first-order chi connectivity index (χ1) is 33.6. The third-order valence-electron chi connectivity index (χ3n) is 13.7. The van der Waals surface area contributed by atoms with Gasteiger partial charge in [0.25, 0.3) is 14.2 Å². The number of amides is 5. The molecule has 4 rings (SSSR count). The molecule has 3 atom stereocenters. The molecule has 15 nitrogen and oxygen atoms in total. The number of ether oxygens (including phenoxy) is 3. The van der Waals surface area contributed by atoms with Crippen LogP contribution in [0.15, 0.2) is 79.5 Å². The molecule has 0 spiro atoms. The topological polar surface area (TPSA) is 183 Å². The average Bonchev–Trinajstić information content (AvgIpc) is 3.74. The predicted octanol–water partition coefficient (Wildman–Crippen LogP) is 11.8. The first-order valence-electron chi connectivity index (χ1n) is 24.7. The van der Waals surface area contributed by atoms with Gasteiger partial charge in [0.15, 0.2) is 14.1 Å². The standard InChI is InChI=1S/C54H78FN5O10Si2/c1-17-26-67-53(65)59-48(33(2)3)50(62)56-37(10)49(61)57-42-24-18-38(19-25-42)31-68-52(64)58-45-29-47(70-72(34(4)5,35(6)7)36(8)9)46(66-14)28-44(45)51(63)60-30-40(39-20-22-41(55)23-21-39)27-43(60)32-69-71(15,16)54(11,12)13/h17-25,28-30,33-37,43,48H,1,26-27,31-32H2,2-16H3,(H,56,62)(H,57,61)(H,58,64)(H,59,65)/t37-,43-,48-/m0/s1. The molecule has 18 heteroatoms. The maximum absolute atomic E-state index is 15.1. The van der Waals surface area contributed by atoms with Crippen molar-refractivity contribution in [2.45, 2.75) is 149 Å². The minimum absolute atomic E-state index is 0.0219. The van der Waals surface area contributed by atoms with Crippen molar-refractivity contribution in [3.63, 3.8) is 0 Å². The third-order valence-corrected chi connectivity index (χ3v) is 24.2. The Morgan fingerprint density at radius 1 is 0.806 bits per heavy atom. The van der Waals surface area contributed by atoms with Crippen molar-refractivity contribution in [1.82, 2.24) is 15.5 Å². The van der Waals surface area contributed by atoms with E-state index < -0.39 is 64.7 Å². The van der Waals surface area contributed by atoms with E-state index in [9.17, 15) is 23.6 Å². The molecule has 0 aromatic heterocycles. The summed E-state index contributed by atoms with van der Waals surface area (Å²) in [5.74, 6) is -1.43. The van der Waals surface area contributed by atoms with E-state index in [2.05, 4.69) is 103 Å². The summed E-state index contributed by atoms with van der Waals surface area (Å²) in [7, 11) is -3.35. The number of hydrogen-bond acceptors (Lipinski definition) is 10. The van der Waals surface area contributed by atoms with Crippen LogP contribution in [0, 0.1) is 11.7 Å². The van der Waals surface area contributed by atoms with E-state index in [4.69, 9.17) is 23.1 Å². The highest BCUT2D eigenvalue weighted by Crippen LogP contribution is 2.47. The van der Waals surface area contributed by atoms with E-state index >= 15 is 4.79 Å². The lowest BCUT2D eigenvalue weighted by Crippen LogP contribution is -2.53. The Kier molecular flexibility index (Phi) is 20.4. The summed E-state index contributed by atoms with van der Waals surface area (Å²) in [5.41, 5.74) is 3.48. The monoisotopic (exact) mass is 1030 g/mol. The van der Waals surface area contributed by atoms with Crippen molar-refractivity contribution in [3.05, 3.63) is 102 Å². The van der Waals surface area contributed by atoms with Gasteiger partial charge in [0.2, 0.25) is 11.8 Å². The second kappa shape index (κ2) is 25.1. The van der Waals surface area contributed by atoms with Crippen molar-refractivity contribution in [3.8, 4) is 11.5 Å². The molecule has 3 aromatic carbocycles. The lowest BCUT2D eigenvalue weighted by atomic mass is 10.0. The second-order valence-electron chi connectivity index (χ2n) is 21.1. The molecule has 3 aromatic rings. The molecule has 394 valence electrons. The summed E-state index contributed by atoms with van der Waals surface area (Å²) in [6.45, 7) is 32.3. The van der Waals surface area contributed by atoms with Crippen LogP contribution in [0.2, 0.25) is 34.8 Å². The van der Waals surface area contributed by atoms with Gasteiger partial charge in [0.05, 0.1) is 31.0 Å². The molecular weight excluding hydrogens is 954 g/mol. The van der Waals surface area contributed by atoms with Crippen LogP contribution < -0.4 is 30.4 Å². The molecule has 0 bridgehead atoms. The van der Waals surface area contributed by atoms with Crippen molar-refractivity contribution in [1.29, 1.82) is 0 Å². The molecule has 72 heavy (non-hydrogen) atoms. The Labute approximate surface area is 428 Å². The molecule has 0 fully saturated rings. The number of anilines is 2. The van der Waals surface area contributed by atoms with Crippen LogP contribution in [0.1, 0.15) is 111 Å². The van der Waals surface area contributed by atoms with Gasteiger partial charge < -0.3 is 43.9 Å². The van der Waals surface area contributed by atoms with Crippen molar-refractivity contribution in [2.24, 2.45) is 5.92 Å². The van der Waals surface area contributed by atoms with Gasteiger partial charge in [-0.15, -0.1) is 0 Å². The van der Waals surface area contributed by atoms with Gasteiger partial charge >= 0.3 is 12.2 Å². The van der Waals surface area contributed by atoms with Crippen molar-refractivity contribution < 1.29 is 51.4 Å². The number of carbonyl (C=O) groups is 5. The molecule has 0 saturated carbocycles. The fourth-order valence-electron chi connectivity index (χ4n) is 8.62. The van der Waals surface area contributed by atoms with E-state index in [0.29, 0.717) is 29.2 Å². The predicted molar refractivity (Wildman–Crippen MR) is 287 cm³/mol. The highest BCUT2D eigenvalue weighted by Gasteiger charge is 2.48. The Morgan fingerprint density at radius 3 is 1.96 bits per heavy atom. The van der Waals surface area contributed by atoms with Gasteiger partial charge in [-0.05, 0) is 101 Å². The Bertz CT molecular complexity index is 2400. The highest BCUT2D eigenvalue weighted by molar-refractivity contribution is 6.78. The number of halogens is 1. The second-order valence-corrected chi connectivity index (χ2v) is 31.3. The number of hydrogen-bond donors (Lipinski definition) is 4. The molecule has 0 radical (unpaired) electrons. The van der Waals surface area contributed by atoms with Crippen LogP contribution in [0.4, 0.5) is 25.4 Å². The summed E-state index contributed by atoms with van der Waals surface area (Å²) in [6, 6.07) is 13.7. The zero-order chi connectivity index (χ0) is 53.9. The Morgan fingerprint density at radius 2 is 1.42 bits per heavy atom. The summed E-state index contributed by atoms with van der Waals surface area (Å²) in [5, 5.41) is 10.7. The molecule has 1 heterocycles. The summed E-state index contributed by atoms with van der Waals surface area (Å²) in [4.78, 5) is 68.9. The van der Waals surface area contributed by atoms with E-state index in [-0.39, 0.29) is 64.5 Å². The number of benzene rings is 3. The zero-order valence-electron chi connectivity index (χ0n) is 44.9. The molecule has 0 unspecified atom stereocenters. The Balaban J connectivity index is 1.62. The zero-order valence-corrected chi connectivity index (χ0v) is 46.9. The van der Waals surface area contributed by atoms with Crippen LogP contribution in [0.5, 0.6) is 11.5 Å².